The second-order valence-corrected chi connectivity index (χ2v) is 7.60. The predicted molar refractivity (Wildman–Crippen MR) is 109 cm³/mol. The van der Waals surface area contributed by atoms with E-state index in [-0.39, 0.29) is 5.41 Å². The number of hydrogen-bond acceptors (Lipinski definition) is 3. The second kappa shape index (κ2) is 9.79. The summed E-state index contributed by atoms with van der Waals surface area (Å²) in [5.41, 5.74) is 2.65. The van der Waals surface area contributed by atoms with Crippen molar-refractivity contribution in [2.45, 2.75) is 64.9 Å². The van der Waals surface area contributed by atoms with E-state index in [1.165, 1.54) is 31.2 Å². The van der Waals surface area contributed by atoms with Gasteiger partial charge in [0.1, 0.15) is 12.4 Å². The minimum Gasteiger partial charge on any atom is -0.489 e. The quantitative estimate of drug-likeness (QED) is 0.497. The summed E-state index contributed by atoms with van der Waals surface area (Å²) in [4.78, 5) is 0. The van der Waals surface area contributed by atoms with Gasteiger partial charge in [-0.15, -0.1) is 0 Å². The molecule has 0 saturated carbocycles. The molecule has 140 valence electrons. The predicted octanol–water partition coefficient (Wildman–Crippen LogP) is 4.19. The van der Waals surface area contributed by atoms with Crippen molar-refractivity contribution < 1.29 is 14.8 Å². The lowest BCUT2D eigenvalue weighted by Gasteiger charge is -2.26. The monoisotopic (exact) mass is 354 g/mol. The van der Waals surface area contributed by atoms with Crippen molar-refractivity contribution in [3.63, 3.8) is 0 Å². The SMILES string of the molecule is CCCCCCC(C)(C)c1ccc(B(O)O)c(OCc2ccccc2)c1. The van der Waals surface area contributed by atoms with Gasteiger partial charge in [0.25, 0.3) is 0 Å². The first-order valence-electron chi connectivity index (χ1n) is 9.61. The highest BCUT2D eigenvalue weighted by Crippen LogP contribution is 2.31. The molecule has 0 aliphatic heterocycles. The lowest BCUT2D eigenvalue weighted by atomic mass is 9.75. The molecule has 0 amide bonds. The summed E-state index contributed by atoms with van der Waals surface area (Å²) in [6, 6.07) is 15.6. The van der Waals surface area contributed by atoms with E-state index < -0.39 is 7.12 Å². The van der Waals surface area contributed by atoms with Gasteiger partial charge >= 0.3 is 7.12 Å². The zero-order valence-electron chi connectivity index (χ0n) is 16.2. The Balaban J connectivity index is 2.15. The maximum absolute atomic E-state index is 9.67. The van der Waals surface area contributed by atoms with E-state index >= 15 is 0 Å². The average Bonchev–Trinajstić information content (AvgIpc) is 2.64. The number of ether oxygens (including phenoxy) is 1. The molecule has 2 aromatic carbocycles. The van der Waals surface area contributed by atoms with Crippen LogP contribution in [-0.2, 0) is 12.0 Å². The minimum atomic E-state index is -1.54. The summed E-state index contributed by atoms with van der Waals surface area (Å²) in [5, 5.41) is 19.3. The average molecular weight is 354 g/mol. The van der Waals surface area contributed by atoms with Crippen LogP contribution in [0.25, 0.3) is 0 Å². The molecule has 0 fully saturated rings. The van der Waals surface area contributed by atoms with E-state index in [1.54, 1.807) is 6.07 Å². The maximum Gasteiger partial charge on any atom is 0.492 e. The topological polar surface area (TPSA) is 49.7 Å². The minimum absolute atomic E-state index is 0.0253. The molecule has 0 aliphatic rings. The smallest absolute Gasteiger partial charge is 0.489 e. The Hall–Kier alpha value is -1.78. The molecule has 2 N–H and O–H groups in total. The van der Waals surface area contributed by atoms with Crippen LogP contribution in [0.4, 0.5) is 0 Å². The largest absolute Gasteiger partial charge is 0.492 e. The zero-order valence-corrected chi connectivity index (χ0v) is 16.2. The van der Waals surface area contributed by atoms with Gasteiger partial charge in [0.15, 0.2) is 0 Å². The second-order valence-electron chi connectivity index (χ2n) is 7.60. The number of rotatable bonds is 10. The Bertz CT molecular complexity index is 668. The summed E-state index contributed by atoms with van der Waals surface area (Å²) in [6.07, 6.45) is 6.07. The fourth-order valence-electron chi connectivity index (χ4n) is 3.17. The van der Waals surface area contributed by atoms with E-state index in [0.717, 1.165) is 12.0 Å². The first kappa shape index (κ1) is 20.5. The van der Waals surface area contributed by atoms with Crippen molar-refractivity contribution in [3.05, 3.63) is 59.7 Å². The highest BCUT2D eigenvalue weighted by molar-refractivity contribution is 6.59. The van der Waals surface area contributed by atoms with Gasteiger partial charge in [-0.1, -0.05) is 88.9 Å². The molecule has 0 saturated heterocycles. The molecule has 4 heteroatoms. The summed E-state index contributed by atoms with van der Waals surface area (Å²) >= 11 is 0. The lowest BCUT2D eigenvalue weighted by molar-refractivity contribution is 0.305. The van der Waals surface area contributed by atoms with Gasteiger partial charge in [0.2, 0.25) is 0 Å². The Morgan fingerprint density at radius 1 is 0.962 bits per heavy atom. The van der Waals surface area contributed by atoms with Gasteiger partial charge in [-0.05, 0) is 29.0 Å². The lowest BCUT2D eigenvalue weighted by Crippen LogP contribution is -2.32. The van der Waals surface area contributed by atoms with Crippen LogP contribution in [0.15, 0.2) is 48.5 Å². The third-order valence-electron chi connectivity index (χ3n) is 4.97. The van der Waals surface area contributed by atoms with Crippen LogP contribution in [0.2, 0.25) is 0 Å². The Kier molecular flexibility index (Phi) is 7.74. The molecular weight excluding hydrogens is 323 g/mol. The zero-order chi connectivity index (χ0) is 19.0. The first-order chi connectivity index (χ1) is 12.4. The molecule has 0 spiro atoms. The van der Waals surface area contributed by atoms with Crippen LogP contribution < -0.4 is 10.2 Å². The molecule has 0 radical (unpaired) electrons. The molecule has 2 aromatic rings. The van der Waals surface area contributed by atoms with Gasteiger partial charge in [-0.2, -0.15) is 0 Å². The highest BCUT2D eigenvalue weighted by Gasteiger charge is 2.24. The van der Waals surface area contributed by atoms with Gasteiger partial charge in [0, 0.05) is 5.46 Å². The molecule has 3 nitrogen and oxygen atoms in total. The fourth-order valence-corrected chi connectivity index (χ4v) is 3.17. The summed E-state index contributed by atoms with van der Waals surface area (Å²) in [5.74, 6) is 0.544. The number of hydrogen-bond donors (Lipinski definition) is 2. The van der Waals surface area contributed by atoms with Crippen LogP contribution in [0.5, 0.6) is 5.75 Å². The van der Waals surface area contributed by atoms with Crippen molar-refractivity contribution in [1.82, 2.24) is 0 Å². The van der Waals surface area contributed by atoms with Crippen LogP contribution in [0.1, 0.15) is 64.0 Å². The Morgan fingerprint density at radius 3 is 2.35 bits per heavy atom. The molecule has 0 heterocycles. The normalized spacial score (nSPS) is 11.4. The van der Waals surface area contributed by atoms with Crippen molar-refractivity contribution >= 4 is 12.6 Å². The molecule has 0 unspecified atom stereocenters. The molecule has 0 aliphatic carbocycles. The van der Waals surface area contributed by atoms with Gasteiger partial charge in [-0.3, -0.25) is 0 Å². The van der Waals surface area contributed by atoms with Crippen LogP contribution in [-0.4, -0.2) is 17.2 Å². The molecular formula is C22H31BO3. The van der Waals surface area contributed by atoms with Crippen LogP contribution in [0.3, 0.4) is 0 Å². The van der Waals surface area contributed by atoms with Gasteiger partial charge < -0.3 is 14.8 Å². The van der Waals surface area contributed by atoms with E-state index in [1.807, 2.05) is 42.5 Å². The van der Waals surface area contributed by atoms with Gasteiger partial charge in [-0.25, -0.2) is 0 Å². The summed E-state index contributed by atoms with van der Waals surface area (Å²) in [7, 11) is -1.54. The van der Waals surface area contributed by atoms with Crippen molar-refractivity contribution in [2.75, 3.05) is 0 Å². The highest BCUT2D eigenvalue weighted by atomic mass is 16.5. The fraction of sp³-hybridized carbons (Fsp3) is 0.455. The third-order valence-corrected chi connectivity index (χ3v) is 4.97. The van der Waals surface area contributed by atoms with Gasteiger partial charge in [0.05, 0.1) is 0 Å². The first-order valence-corrected chi connectivity index (χ1v) is 9.61. The van der Waals surface area contributed by atoms with E-state index in [9.17, 15) is 10.0 Å². The van der Waals surface area contributed by atoms with Crippen LogP contribution in [0, 0.1) is 0 Å². The molecule has 0 atom stereocenters. The van der Waals surface area contributed by atoms with E-state index in [2.05, 4.69) is 20.8 Å². The van der Waals surface area contributed by atoms with Crippen molar-refractivity contribution in [1.29, 1.82) is 0 Å². The molecule has 26 heavy (non-hydrogen) atoms. The number of unbranched alkanes of at least 4 members (excludes halogenated alkanes) is 3. The Labute approximate surface area is 158 Å². The Morgan fingerprint density at radius 2 is 1.69 bits per heavy atom. The molecule has 2 rings (SSSR count). The standard InChI is InChI=1S/C22H31BO3/c1-4-5-6-10-15-22(2,3)19-13-14-20(23(24)25)21(16-19)26-17-18-11-8-7-9-12-18/h7-9,11-14,16,24-25H,4-6,10,15,17H2,1-3H3. The van der Waals surface area contributed by atoms with Crippen molar-refractivity contribution in [3.8, 4) is 5.75 Å². The molecule has 0 bridgehead atoms. The molecule has 0 aromatic heterocycles. The summed E-state index contributed by atoms with van der Waals surface area (Å²) in [6.45, 7) is 7.11. The van der Waals surface area contributed by atoms with E-state index in [4.69, 9.17) is 4.74 Å². The van der Waals surface area contributed by atoms with Crippen LogP contribution >= 0.6 is 0 Å². The third kappa shape index (κ3) is 5.89. The number of benzene rings is 2. The van der Waals surface area contributed by atoms with Crippen molar-refractivity contribution in [2.24, 2.45) is 0 Å². The van der Waals surface area contributed by atoms with E-state index in [0.29, 0.717) is 17.8 Å². The maximum atomic E-state index is 9.67. The summed E-state index contributed by atoms with van der Waals surface area (Å²) < 4.78 is 5.94.